The molecule has 0 N–H and O–H groups in total. The van der Waals surface area contributed by atoms with Gasteiger partial charge in [0, 0.05) is 12.8 Å². The molecule has 2 heteroatoms. The monoisotopic (exact) mass is 244 g/mol. The number of thiophene rings is 1. The van der Waals surface area contributed by atoms with Crippen molar-refractivity contribution < 1.29 is 4.79 Å². The molecular weight excluding hydrogens is 228 g/mol. The lowest BCUT2D eigenvalue weighted by Gasteiger charge is -2.04. The first-order valence-corrected chi connectivity index (χ1v) is 6.68. The molecule has 1 aromatic heterocycles. The highest BCUT2D eigenvalue weighted by molar-refractivity contribution is 7.07. The molecule has 88 valence electrons. The Morgan fingerprint density at radius 2 is 1.82 bits per heavy atom. The summed E-state index contributed by atoms with van der Waals surface area (Å²) in [6, 6.07) is 8.26. The fourth-order valence-corrected chi connectivity index (χ4v) is 2.49. The van der Waals surface area contributed by atoms with Crippen LogP contribution in [0, 0.1) is 13.8 Å². The van der Waals surface area contributed by atoms with Crippen LogP contribution in [0.25, 0.3) is 0 Å². The highest BCUT2D eigenvalue weighted by Gasteiger charge is 2.06. The van der Waals surface area contributed by atoms with E-state index in [1.165, 1.54) is 11.1 Å². The number of carbonyl (C=O) groups excluding carboxylic acids is 1. The standard InChI is InChI=1S/C15H16OS/c1-11-3-4-13(7-12(11)2)8-15(16)9-14-5-6-17-10-14/h3-7,10H,8-9H2,1-2H3. The number of hydrogen-bond donors (Lipinski definition) is 0. The van der Waals surface area contributed by atoms with Gasteiger partial charge in [-0.1, -0.05) is 18.2 Å². The minimum Gasteiger partial charge on any atom is -0.299 e. The second-order valence-corrected chi connectivity index (χ2v) is 5.22. The lowest BCUT2D eigenvalue weighted by Crippen LogP contribution is -2.06. The zero-order chi connectivity index (χ0) is 12.3. The summed E-state index contributed by atoms with van der Waals surface area (Å²) in [5.41, 5.74) is 4.78. The van der Waals surface area contributed by atoms with E-state index in [0.29, 0.717) is 12.8 Å². The van der Waals surface area contributed by atoms with Crippen molar-refractivity contribution in [2.75, 3.05) is 0 Å². The average molecular weight is 244 g/mol. The number of carbonyl (C=O) groups is 1. The minimum absolute atomic E-state index is 0.284. The molecule has 0 aliphatic carbocycles. The van der Waals surface area contributed by atoms with Crippen molar-refractivity contribution >= 4 is 17.1 Å². The van der Waals surface area contributed by atoms with E-state index in [1.807, 2.05) is 22.9 Å². The van der Waals surface area contributed by atoms with Crippen LogP contribution in [-0.2, 0) is 17.6 Å². The van der Waals surface area contributed by atoms with Crippen molar-refractivity contribution in [2.24, 2.45) is 0 Å². The summed E-state index contributed by atoms with van der Waals surface area (Å²) in [5, 5.41) is 4.05. The Labute approximate surface area is 106 Å². The molecule has 0 radical (unpaired) electrons. The van der Waals surface area contributed by atoms with Crippen LogP contribution in [-0.4, -0.2) is 5.78 Å². The molecule has 0 saturated heterocycles. The Hall–Kier alpha value is -1.41. The highest BCUT2D eigenvalue weighted by Crippen LogP contribution is 2.12. The molecule has 0 amide bonds. The molecule has 0 aliphatic heterocycles. The van der Waals surface area contributed by atoms with Gasteiger partial charge in [-0.2, -0.15) is 11.3 Å². The first kappa shape index (κ1) is 12.1. The van der Waals surface area contributed by atoms with Crippen molar-refractivity contribution in [3.8, 4) is 0 Å². The second kappa shape index (κ2) is 5.28. The lowest BCUT2D eigenvalue weighted by molar-refractivity contribution is -0.117. The quantitative estimate of drug-likeness (QED) is 0.801. The molecule has 0 saturated carbocycles. The van der Waals surface area contributed by atoms with E-state index in [9.17, 15) is 4.79 Å². The van der Waals surface area contributed by atoms with Crippen LogP contribution in [0.2, 0.25) is 0 Å². The third kappa shape index (κ3) is 3.27. The number of benzene rings is 1. The number of Topliss-reactive ketones (excluding diaryl/α,β-unsaturated/α-hetero) is 1. The van der Waals surface area contributed by atoms with Crippen molar-refractivity contribution in [1.29, 1.82) is 0 Å². The molecule has 0 fully saturated rings. The number of aryl methyl sites for hydroxylation is 2. The molecule has 1 nitrogen and oxygen atoms in total. The summed E-state index contributed by atoms with van der Waals surface area (Å²) >= 11 is 1.64. The maximum atomic E-state index is 11.9. The van der Waals surface area contributed by atoms with E-state index >= 15 is 0 Å². The SMILES string of the molecule is Cc1ccc(CC(=O)Cc2ccsc2)cc1C. The van der Waals surface area contributed by atoms with Crippen LogP contribution in [0.15, 0.2) is 35.0 Å². The Morgan fingerprint density at radius 3 is 2.47 bits per heavy atom. The average Bonchev–Trinajstić information content (AvgIpc) is 2.76. The largest absolute Gasteiger partial charge is 0.299 e. The van der Waals surface area contributed by atoms with Gasteiger partial charge in [0.15, 0.2) is 0 Å². The summed E-state index contributed by atoms with van der Waals surface area (Å²) < 4.78 is 0. The van der Waals surface area contributed by atoms with E-state index < -0.39 is 0 Å². The molecule has 0 bridgehead atoms. The van der Waals surface area contributed by atoms with E-state index in [1.54, 1.807) is 11.3 Å². The Morgan fingerprint density at radius 1 is 1.06 bits per heavy atom. The van der Waals surface area contributed by atoms with Crippen LogP contribution < -0.4 is 0 Å². The van der Waals surface area contributed by atoms with Gasteiger partial charge >= 0.3 is 0 Å². The van der Waals surface area contributed by atoms with E-state index in [2.05, 4.69) is 26.0 Å². The molecule has 17 heavy (non-hydrogen) atoms. The third-order valence-corrected chi connectivity index (χ3v) is 3.69. The molecular formula is C15H16OS. The van der Waals surface area contributed by atoms with E-state index in [4.69, 9.17) is 0 Å². The smallest absolute Gasteiger partial charge is 0.141 e. The van der Waals surface area contributed by atoms with Crippen molar-refractivity contribution in [2.45, 2.75) is 26.7 Å². The third-order valence-electron chi connectivity index (χ3n) is 2.95. The predicted octanol–water partition coefficient (Wildman–Crippen LogP) is 3.72. The summed E-state index contributed by atoms with van der Waals surface area (Å²) in [5.74, 6) is 0.284. The molecule has 1 aromatic carbocycles. The fraction of sp³-hybridized carbons (Fsp3) is 0.267. The summed E-state index contributed by atoms with van der Waals surface area (Å²) in [7, 11) is 0. The maximum absolute atomic E-state index is 11.9. The maximum Gasteiger partial charge on any atom is 0.141 e. The highest BCUT2D eigenvalue weighted by atomic mass is 32.1. The zero-order valence-corrected chi connectivity index (χ0v) is 11.0. The van der Waals surface area contributed by atoms with E-state index in [-0.39, 0.29) is 5.78 Å². The Kier molecular flexibility index (Phi) is 3.75. The van der Waals surface area contributed by atoms with Crippen LogP contribution in [0.1, 0.15) is 22.3 Å². The van der Waals surface area contributed by atoms with Gasteiger partial charge in [0.2, 0.25) is 0 Å². The van der Waals surface area contributed by atoms with Crippen LogP contribution in [0.3, 0.4) is 0 Å². The molecule has 2 rings (SSSR count). The first-order chi connectivity index (χ1) is 8.15. The van der Waals surface area contributed by atoms with Crippen LogP contribution in [0.5, 0.6) is 0 Å². The summed E-state index contributed by atoms with van der Waals surface area (Å²) in [6.07, 6.45) is 1.09. The number of rotatable bonds is 4. The van der Waals surface area contributed by atoms with Gasteiger partial charge in [-0.25, -0.2) is 0 Å². The predicted molar refractivity (Wildman–Crippen MR) is 72.7 cm³/mol. The Balaban J connectivity index is 2.00. The van der Waals surface area contributed by atoms with Gasteiger partial charge in [-0.15, -0.1) is 0 Å². The number of hydrogen-bond acceptors (Lipinski definition) is 2. The van der Waals surface area contributed by atoms with Gasteiger partial charge in [-0.05, 0) is 52.9 Å². The fourth-order valence-electron chi connectivity index (χ4n) is 1.82. The number of ketones is 1. The second-order valence-electron chi connectivity index (χ2n) is 4.44. The Bertz CT molecular complexity index is 512. The molecule has 0 unspecified atom stereocenters. The normalized spacial score (nSPS) is 10.5. The molecule has 2 aromatic rings. The van der Waals surface area contributed by atoms with Gasteiger partial charge in [0.05, 0.1) is 0 Å². The molecule has 1 heterocycles. The van der Waals surface area contributed by atoms with Crippen LogP contribution >= 0.6 is 11.3 Å². The lowest BCUT2D eigenvalue weighted by atomic mass is 10.0. The topological polar surface area (TPSA) is 17.1 Å². The molecule has 0 aliphatic rings. The molecule has 0 atom stereocenters. The van der Waals surface area contributed by atoms with Crippen molar-refractivity contribution in [1.82, 2.24) is 0 Å². The van der Waals surface area contributed by atoms with Gasteiger partial charge in [0.1, 0.15) is 5.78 Å². The van der Waals surface area contributed by atoms with Gasteiger partial charge in [0.25, 0.3) is 0 Å². The minimum atomic E-state index is 0.284. The summed E-state index contributed by atoms with van der Waals surface area (Å²) in [6.45, 7) is 4.18. The van der Waals surface area contributed by atoms with Gasteiger partial charge < -0.3 is 0 Å². The van der Waals surface area contributed by atoms with Crippen molar-refractivity contribution in [3.63, 3.8) is 0 Å². The van der Waals surface area contributed by atoms with Crippen LogP contribution in [0.4, 0.5) is 0 Å². The first-order valence-electron chi connectivity index (χ1n) is 5.74. The van der Waals surface area contributed by atoms with Gasteiger partial charge in [-0.3, -0.25) is 4.79 Å². The van der Waals surface area contributed by atoms with Crippen molar-refractivity contribution in [3.05, 3.63) is 57.3 Å². The molecule has 0 spiro atoms. The zero-order valence-electron chi connectivity index (χ0n) is 10.2. The summed E-state index contributed by atoms with van der Waals surface area (Å²) in [4.78, 5) is 11.9. The van der Waals surface area contributed by atoms with E-state index in [0.717, 1.165) is 11.1 Å².